The van der Waals surface area contributed by atoms with Crippen molar-refractivity contribution in [1.29, 1.82) is 0 Å². The van der Waals surface area contributed by atoms with Gasteiger partial charge in [-0.2, -0.15) is 0 Å². The molecule has 0 heterocycles. The zero-order valence-corrected chi connectivity index (χ0v) is 12.6. The van der Waals surface area contributed by atoms with E-state index in [-0.39, 0.29) is 0 Å². The lowest BCUT2D eigenvalue weighted by molar-refractivity contribution is 0.211. The van der Waals surface area contributed by atoms with Gasteiger partial charge in [0.05, 0.1) is 0 Å². The number of hydrogen-bond acceptors (Lipinski definition) is 0. The smallest absolute Gasteiger partial charge is 0.0239 e. The molecule has 1 aliphatic carbocycles. The number of halogens is 1. The number of rotatable bonds is 3. The molecule has 1 aromatic rings. The predicted octanol–water partition coefficient (Wildman–Crippen LogP) is 5.27. The third-order valence-corrected chi connectivity index (χ3v) is 5.72. The van der Waals surface area contributed by atoms with Gasteiger partial charge < -0.3 is 0 Å². The summed E-state index contributed by atoms with van der Waals surface area (Å²) < 4.78 is 0. The van der Waals surface area contributed by atoms with Crippen LogP contribution in [-0.2, 0) is 6.42 Å². The molecule has 1 aliphatic rings. The van der Waals surface area contributed by atoms with Gasteiger partial charge in [0.15, 0.2) is 0 Å². The number of aryl methyl sites for hydroxylation is 1. The Morgan fingerprint density at radius 1 is 1.12 bits per heavy atom. The topological polar surface area (TPSA) is 0 Å². The molecule has 17 heavy (non-hydrogen) atoms. The van der Waals surface area contributed by atoms with E-state index in [1.54, 1.807) is 0 Å². The average molecular weight is 295 g/mol. The molecule has 2 rings (SSSR count). The maximum Gasteiger partial charge on any atom is 0.0239 e. The third kappa shape index (κ3) is 3.34. The van der Waals surface area contributed by atoms with Crippen LogP contribution in [0.3, 0.4) is 0 Å². The highest BCUT2D eigenvalue weighted by molar-refractivity contribution is 9.09. The van der Waals surface area contributed by atoms with Gasteiger partial charge in [0.25, 0.3) is 0 Å². The van der Waals surface area contributed by atoms with Crippen molar-refractivity contribution in [2.75, 3.05) is 0 Å². The van der Waals surface area contributed by atoms with Crippen LogP contribution in [0.1, 0.15) is 50.2 Å². The Balaban J connectivity index is 2.00. The van der Waals surface area contributed by atoms with Crippen molar-refractivity contribution in [3.63, 3.8) is 0 Å². The Morgan fingerprint density at radius 2 is 1.71 bits per heavy atom. The summed E-state index contributed by atoms with van der Waals surface area (Å²) in [4.78, 5) is 0.623. The highest BCUT2D eigenvalue weighted by atomic mass is 79.9. The lowest BCUT2D eigenvalue weighted by Gasteiger charge is -2.38. The zero-order valence-electron chi connectivity index (χ0n) is 11.0. The Kier molecular flexibility index (Phi) is 4.30. The Hall–Kier alpha value is -0.300. The van der Waals surface area contributed by atoms with Crippen LogP contribution in [0.2, 0.25) is 0 Å². The van der Waals surface area contributed by atoms with E-state index in [1.807, 2.05) is 0 Å². The van der Waals surface area contributed by atoms with Crippen LogP contribution in [0.4, 0.5) is 0 Å². The molecule has 0 aromatic heterocycles. The van der Waals surface area contributed by atoms with E-state index in [1.165, 1.54) is 43.2 Å². The molecule has 1 heteroatoms. The van der Waals surface area contributed by atoms with Crippen molar-refractivity contribution < 1.29 is 0 Å². The van der Waals surface area contributed by atoms with Crippen LogP contribution >= 0.6 is 15.9 Å². The Bertz CT molecular complexity index is 346. The molecule has 0 spiro atoms. The van der Waals surface area contributed by atoms with Crippen LogP contribution in [-0.4, -0.2) is 4.83 Å². The summed E-state index contributed by atoms with van der Waals surface area (Å²) in [6, 6.07) is 8.99. The summed E-state index contributed by atoms with van der Waals surface area (Å²) in [6.45, 7) is 4.61. The molecule has 0 aliphatic heterocycles. The van der Waals surface area contributed by atoms with Gasteiger partial charge in [-0.05, 0) is 37.2 Å². The number of hydrogen-bond donors (Lipinski definition) is 0. The van der Waals surface area contributed by atoms with E-state index in [0.29, 0.717) is 10.2 Å². The molecule has 0 amide bonds. The fourth-order valence-electron chi connectivity index (χ4n) is 2.85. The van der Waals surface area contributed by atoms with Gasteiger partial charge in [-0.15, -0.1) is 0 Å². The monoisotopic (exact) mass is 294 g/mol. The molecule has 1 unspecified atom stereocenters. The van der Waals surface area contributed by atoms with Gasteiger partial charge >= 0.3 is 0 Å². The summed E-state index contributed by atoms with van der Waals surface area (Å²) in [7, 11) is 0. The highest BCUT2D eigenvalue weighted by Gasteiger charge is 2.33. The Morgan fingerprint density at radius 3 is 2.29 bits per heavy atom. The molecule has 94 valence electrons. The molecule has 0 saturated heterocycles. The fraction of sp³-hybridized carbons (Fsp3) is 0.625. The zero-order chi connectivity index (χ0) is 12.3. The van der Waals surface area contributed by atoms with Gasteiger partial charge in [0.2, 0.25) is 0 Å². The van der Waals surface area contributed by atoms with Gasteiger partial charge in [0, 0.05) is 4.83 Å². The predicted molar refractivity (Wildman–Crippen MR) is 78.8 cm³/mol. The summed E-state index contributed by atoms with van der Waals surface area (Å²) >= 11 is 3.95. The van der Waals surface area contributed by atoms with Gasteiger partial charge in [-0.3, -0.25) is 0 Å². The normalized spacial score (nSPS) is 21.1. The first-order chi connectivity index (χ1) is 8.10. The van der Waals surface area contributed by atoms with E-state index in [2.05, 4.69) is 54.0 Å². The van der Waals surface area contributed by atoms with E-state index < -0.39 is 0 Å². The van der Waals surface area contributed by atoms with Gasteiger partial charge in [-0.1, -0.05) is 71.9 Å². The molecule has 0 radical (unpaired) electrons. The molecular weight excluding hydrogens is 272 g/mol. The number of benzene rings is 1. The van der Waals surface area contributed by atoms with E-state index in [4.69, 9.17) is 0 Å². The first-order valence-electron chi connectivity index (χ1n) is 6.80. The average Bonchev–Trinajstić information content (AvgIpc) is 2.33. The van der Waals surface area contributed by atoms with Crippen LogP contribution < -0.4 is 0 Å². The summed E-state index contributed by atoms with van der Waals surface area (Å²) in [5, 5.41) is 0. The quantitative estimate of drug-likeness (QED) is 0.666. The second-order valence-corrected chi connectivity index (χ2v) is 6.98. The second kappa shape index (κ2) is 5.56. The van der Waals surface area contributed by atoms with Crippen molar-refractivity contribution in [2.45, 2.75) is 57.2 Å². The van der Waals surface area contributed by atoms with Crippen molar-refractivity contribution in [1.82, 2.24) is 0 Å². The molecular formula is C16H23Br. The third-order valence-electron chi connectivity index (χ3n) is 4.29. The summed E-state index contributed by atoms with van der Waals surface area (Å²) in [5.74, 6) is 0. The maximum atomic E-state index is 3.95. The first kappa shape index (κ1) is 13.1. The summed E-state index contributed by atoms with van der Waals surface area (Å²) in [6.07, 6.45) is 8.18. The lowest BCUT2D eigenvalue weighted by atomic mass is 9.72. The fourth-order valence-corrected chi connectivity index (χ4v) is 3.68. The molecule has 0 nitrogen and oxygen atoms in total. The SMILES string of the molecule is Cc1ccc(CC(Br)C2(C)CCCCC2)cc1. The van der Waals surface area contributed by atoms with E-state index in [0.717, 1.165) is 6.42 Å². The summed E-state index contributed by atoms with van der Waals surface area (Å²) in [5.41, 5.74) is 3.32. The molecule has 1 fully saturated rings. The Labute approximate surface area is 114 Å². The minimum absolute atomic E-state index is 0.503. The van der Waals surface area contributed by atoms with Crippen molar-refractivity contribution in [3.05, 3.63) is 35.4 Å². The highest BCUT2D eigenvalue weighted by Crippen LogP contribution is 2.43. The molecule has 0 N–H and O–H groups in total. The van der Waals surface area contributed by atoms with Crippen LogP contribution in [0, 0.1) is 12.3 Å². The van der Waals surface area contributed by atoms with Crippen molar-refractivity contribution in [2.24, 2.45) is 5.41 Å². The minimum Gasteiger partial charge on any atom is -0.0881 e. The van der Waals surface area contributed by atoms with E-state index >= 15 is 0 Å². The lowest BCUT2D eigenvalue weighted by Crippen LogP contribution is -2.31. The molecule has 1 aromatic carbocycles. The first-order valence-corrected chi connectivity index (χ1v) is 7.71. The standard InChI is InChI=1S/C16H23Br/c1-13-6-8-14(9-7-13)12-15(17)16(2)10-4-3-5-11-16/h6-9,15H,3-5,10-12H2,1-2H3. The molecule has 0 bridgehead atoms. The van der Waals surface area contributed by atoms with E-state index in [9.17, 15) is 0 Å². The number of alkyl halides is 1. The second-order valence-electron chi connectivity index (χ2n) is 5.87. The molecule has 1 saturated carbocycles. The van der Waals surface area contributed by atoms with Gasteiger partial charge in [0.1, 0.15) is 0 Å². The van der Waals surface area contributed by atoms with Gasteiger partial charge in [-0.25, -0.2) is 0 Å². The van der Waals surface area contributed by atoms with Crippen molar-refractivity contribution >= 4 is 15.9 Å². The largest absolute Gasteiger partial charge is 0.0881 e. The minimum atomic E-state index is 0.503. The van der Waals surface area contributed by atoms with Crippen molar-refractivity contribution in [3.8, 4) is 0 Å². The van der Waals surface area contributed by atoms with Crippen LogP contribution in [0.25, 0.3) is 0 Å². The van der Waals surface area contributed by atoms with Crippen LogP contribution in [0.5, 0.6) is 0 Å². The maximum absolute atomic E-state index is 3.95. The molecule has 1 atom stereocenters. The van der Waals surface area contributed by atoms with Crippen LogP contribution in [0.15, 0.2) is 24.3 Å².